The molecule has 4 nitrogen and oxygen atoms in total. The van der Waals surface area contributed by atoms with Crippen LogP contribution in [0.3, 0.4) is 0 Å². The van der Waals surface area contributed by atoms with Gasteiger partial charge in [-0.15, -0.1) is 0 Å². The first-order valence-corrected chi connectivity index (χ1v) is 9.45. The summed E-state index contributed by atoms with van der Waals surface area (Å²) in [6, 6.07) is 6.92. The number of ether oxygens (including phenoxy) is 1. The van der Waals surface area contributed by atoms with E-state index in [1.54, 1.807) is 13.3 Å². The first-order valence-electron chi connectivity index (χ1n) is 9.07. The van der Waals surface area contributed by atoms with Gasteiger partial charge in [0.25, 0.3) is 0 Å². The minimum atomic E-state index is 0.165. The Balaban J connectivity index is 1.74. The second-order valence-electron chi connectivity index (χ2n) is 7.10. The summed E-state index contributed by atoms with van der Waals surface area (Å²) in [5.41, 5.74) is 4.17. The monoisotopic (exact) mass is 369 g/mol. The molecular weight excluding hydrogens is 346 g/mol. The van der Waals surface area contributed by atoms with Crippen molar-refractivity contribution in [2.45, 2.75) is 38.8 Å². The highest BCUT2D eigenvalue weighted by Gasteiger charge is 2.32. The molecule has 2 heterocycles. The van der Waals surface area contributed by atoms with Crippen LogP contribution in [-0.2, 0) is 0 Å². The molecule has 0 radical (unpaired) electrons. The lowest BCUT2D eigenvalue weighted by Crippen LogP contribution is -2.29. The summed E-state index contributed by atoms with van der Waals surface area (Å²) in [4.78, 5) is 9.03. The molecule has 1 aliphatic heterocycles. The number of nitrogens with zero attached hydrogens (tertiary/aromatic N) is 3. The van der Waals surface area contributed by atoms with Crippen molar-refractivity contribution >= 4 is 11.6 Å². The lowest BCUT2D eigenvalue weighted by molar-refractivity contribution is 0.215. The van der Waals surface area contributed by atoms with Crippen LogP contribution in [0.25, 0.3) is 11.1 Å². The summed E-state index contributed by atoms with van der Waals surface area (Å²) in [6.07, 6.45) is 10.6. The minimum Gasteiger partial charge on any atom is -0.496 e. The fraction of sp³-hybridized carbons (Fsp3) is 0.381. The van der Waals surface area contributed by atoms with Gasteiger partial charge in [0.15, 0.2) is 0 Å². The quantitative estimate of drug-likeness (QED) is 0.742. The summed E-state index contributed by atoms with van der Waals surface area (Å²) in [5.74, 6) is 0.880. The molecule has 136 valence electrons. The average Bonchev–Trinajstić information content (AvgIpc) is 3.40. The predicted octanol–water partition coefficient (Wildman–Crippen LogP) is 4.99. The van der Waals surface area contributed by atoms with E-state index in [2.05, 4.69) is 34.1 Å². The summed E-state index contributed by atoms with van der Waals surface area (Å²) in [6.45, 7) is 5.16. The van der Waals surface area contributed by atoms with Gasteiger partial charge in [0.2, 0.25) is 0 Å². The highest BCUT2D eigenvalue weighted by molar-refractivity contribution is 6.32. The normalized spacial score (nSPS) is 17.7. The standard InChI is InChI=1S/C21H24ClN3O/c1-14-19(22)11-18(15(2)24-9-10-25(13-24)17-6-7-17)21(26-3)20(14)16-5-4-8-23-12-16/h4-5,8-12,15,17H,6-7,13H2,1-3H3. The van der Waals surface area contributed by atoms with Crippen LogP contribution in [0.4, 0.5) is 0 Å². The second kappa shape index (κ2) is 6.84. The molecule has 1 aliphatic carbocycles. The highest BCUT2D eigenvalue weighted by atomic mass is 35.5. The van der Waals surface area contributed by atoms with Crippen molar-refractivity contribution in [2.24, 2.45) is 0 Å². The molecule has 0 spiro atoms. The summed E-state index contributed by atoms with van der Waals surface area (Å²) in [5, 5.41) is 0.758. The summed E-state index contributed by atoms with van der Waals surface area (Å²) in [7, 11) is 1.73. The molecule has 0 amide bonds. The van der Waals surface area contributed by atoms with Crippen molar-refractivity contribution in [2.75, 3.05) is 13.8 Å². The Morgan fingerprint density at radius 2 is 2.12 bits per heavy atom. The molecule has 0 bridgehead atoms. The van der Waals surface area contributed by atoms with E-state index in [4.69, 9.17) is 16.3 Å². The minimum absolute atomic E-state index is 0.165. The average molecular weight is 370 g/mol. The Kier molecular flexibility index (Phi) is 4.53. The van der Waals surface area contributed by atoms with E-state index >= 15 is 0 Å². The maximum Gasteiger partial charge on any atom is 0.132 e. The van der Waals surface area contributed by atoms with Crippen LogP contribution in [0.15, 0.2) is 43.0 Å². The van der Waals surface area contributed by atoms with Crippen LogP contribution < -0.4 is 4.74 Å². The molecule has 1 unspecified atom stereocenters. The maximum absolute atomic E-state index is 6.61. The smallest absolute Gasteiger partial charge is 0.132 e. The van der Waals surface area contributed by atoms with Gasteiger partial charge in [-0.05, 0) is 44.4 Å². The molecule has 2 aromatic rings. The first kappa shape index (κ1) is 17.2. The van der Waals surface area contributed by atoms with Crippen molar-refractivity contribution in [3.8, 4) is 16.9 Å². The zero-order valence-electron chi connectivity index (χ0n) is 15.4. The number of rotatable bonds is 5. The van der Waals surface area contributed by atoms with Gasteiger partial charge in [0, 0.05) is 52.5 Å². The molecule has 2 aliphatic rings. The molecule has 5 heteroatoms. The lowest BCUT2D eigenvalue weighted by Gasteiger charge is -2.29. The summed E-state index contributed by atoms with van der Waals surface area (Å²) < 4.78 is 5.88. The topological polar surface area (TPSA) is 28.6 Å². The number of pyridine rings is 1. The molecule has 1 aromatic heterocycles. The van der Waals surface area contributed by atoms with E-state index in [1.807, 2.05) is 31.3 Å². The molecule has 26 heavy (non-hydrogen) atoms. The van der Waals surface area contributed by atoms with Crippen molar-refractivity contribution in [3.05, 3.63) is 59.1 Å². The van der Waals surface area contributed by atoms with Crippen LogP contribution >= 0.6 is 11.6 Å². The Morgan fingerprint density at radius 1 is 1.31 bits per heavy atom. The SMILES string of the molecule is COc1c(C(C)N2C=CN(C3CC3)C2)cc(Cl)c(C)c1-c1cccnc1. The summed E-state index contributed by atoms with van der Waals surface area (Å²) >= 11 is 6.61. The molecular formula is C21H24ClN3O. The van der Waals surface area contributed by atoms with E-state index in [0.717, 1.165) is 45.7 Å². The largest absolute Gasteiger partial charge is 0.496 e. The number of methoxy groups -OCH3 is 1. The van der Waals surface area contributed by atoms with E-state index in [0.29, 0.717) is 0 Å². The van der Waals surface area contributed by atoms with Gasteiger partial charge in [-0.3, -0.25) is 4.98 Å². The van der Waals surface area contributed by atoms with Gasteiger partial charge in [-0.25, -0.2) is 0 Å². The number of halogens is 1. The van der Waals surface area contributed by atoms with Crippen molar-refractivity contribution < 1.29 is 4.74 Å². The number of hydrogen-bond acceptors (Lipinski definition) is 4. The zero-order valence-corrected chi connectivity index (χ0v) is 16.2. The molecule has 1 atom stereocenters. The highest BCUT2D eigenvalue weighted by Crippen LogP contribution is 2.44. The zero-order chi connectivity index (χ0) is 18.3. The molecule has 1 aromatic carbocycles. The molecule has 1 saturated carbocycles. The van der Waals surface area contributed by atoms with E-state index < -0.39 is 0 Å². The Hall–Kier alpha value is -2.20. The number of aromatic nitrogens is 1. The molecule has 0 saturated heterocycles. The molecule has 4 rings (SSSR count). The second-order valence-corrected chi connectivity index (χ2v) is 7.50. The first-order chi connectivity index (χ1) is 12.6. The van der Waals surface area contributed by atoms with Crippen LogP contribution in [0.5, 0.6) is 5.75 Å². The molecule has 1 fully saturated rings. The van der Waals surface area contributed by atoms with Crippen molar-refractivity contribution in [1.29, 1.82) is 0 Å². The van der Waals surface area contributed by atoms with Gasteiger partial charge in [0.05, 0.1) is 19.8 Å². The Morgan fingerprint density at radius 3 is 2.77 bits per heavy atom. The van der Waals surface area contributed by atoms with Crippen molar-refractivity contribution in [3.63, 3.8) is 0 Å². The van der Waals surface area contributed by atoms with Gasteiger partial charge < -0.3 is 14.5 Å². The third-order valence-electron chi connectivity index (χ3n) is 5.40. The van der Waals surface area contributed by atoms with Crippen molar-refractivity contribution in [1.82, 2.24) is 14.8 Å². The van der Waals surface area contributed by atoms with Gasteiger partial charge in [-0.1, -0.05) is 17.7 Å². The molecule has 0 N–H and O–H groups in total. The van der Waals surface area contributed by atoms with E-state index in [-0.39, 0.29) is 6.04 Å². The number of hydrogen-bond donors (Lipinski definition) is 0. The van der Waals surface area contributed by atoms with E-state index in [9.17, 15) is 0 Å². The van der Waals surface area contributed by atoms with Crippen LogP contribution in [0, 0.1) is 6.92 Å². The fourth-order valence-electron chi connectivity index (χ4n) is 3.66. The predicted molar refractivity (Wildman–Crippen MR) is 105 cm³/mol. The van der Waals surface area contributed by atoms with Gasteiger partial charge in [-0.2, -0.15) is 0 Å². The van der Waals surface area contributed by atoms with Crippen LogP contribution in [0.1, 0.15) is 36.9 Å². The number of benzene rings is 1. The lowest BCUT2D eigenvalue weighted by atomic mass is 9.94. The van der Waals surface area contributed by atoms with Gasteiger partial charge in [0.1, 0.15) is 5.75 Å². The van der Waals surface area contributed by atoms with Gasteiger partial charge >= 0.3 is 0 Å². The third-order valence-corrected chi connectivity index (χ3v) is 5.79. The maximum atomic E-state index is 6.61. The van der Waals surface area contributed by atoms with Crippen LogP contribution in [-0.4, -0.2) is 34.6 Å². The Labute approximate surface area is 160 Å². The Bertz CT molecular complexity index is 833. The third kappa shape index (κ3) is 3.03. The fourth-order valence-corrected chi connectivity index (χ4v) is 3.87. The van der Waals surface area contributed by atoms with E-state index in [1.165, 1.54) is 12.8 Å². The van der Waals surface area contributed by atoms with Crippen LogP contribution in [0.2, 0.25) is 5.02 Å².